The predicted molar refractivity (Wildman–Crippen MR) is 62.4 cm³/mol. The third kappa shape index (κ3) is 2.42. The van der Waals surface area contributed by atoms with Crippen LogP contribution in [0.2, 0.25) is 0 Å². The van der Waals surface area contributed by atoms with Crippen LogP contribution in [0, 0.1) is 0 Å². The monoisotopic (exact) mass is 217 g/mol. The molecule has 0 fully saturated rings. The molecule has 3 nitrogen and oxygen atoms in total. The summed E-state index contributed by atoms with van der Waals surface area (Å²) in [4.78, 5) is 11.2. The SMILES string of the molecule is CC=CC(=O)NCC1Cc2ccccc2O1. The minimum Gasteiger partial charge on any atom is -0.488 e. The van der Waals surface area contributed by atoms with Gasteiger partial charge >= 0.3 is 0 Å². The second-order valence-electron chi connectivity index (χ2n) is 3.80. The van der Waals surface area contributed by atoms with E-state index in [0.717, 1.165) is 12.2 Å². The van der Waals surface area contributed by atoms with Crippen molar-refractivity contribution in [1.82, 2.24) is 5.32 Å². The molecule has 84 valence electrons. The summed E-state index contributed by atoms with van der Waals surface area (Å²) < 4.78 is 5.70. The summed E-state index contributed by atoms with van der Waals surface area (Å²) in [7, 11) is 0. The van der Waals surface area contributed by atoms with Crippen molar-refractivity contribution in [3.8, 4) is 5.75 Å². The highest BCUT2D eigenvalue weighted by atomic mass is 16.5. The Morgan fingerprint density at radius 2 is 2.38 bits per heavy atom. The summed E-state index contributed by atoms with van der Waals surface area (Å²) in [5.41, 5.74) is 1.22. The first-order valence-corrected chi connectivity index (χ1v) is 5.44. The lowest BCUT2D eigenvalue weighted by atomic mass is 10.1. The number of hydrogen-bond donors (Lipinski definition) is 1. The fourth-order valence-corrected chi connectivity index (χ4v) is 1.79. The van der Waals surface area contributed by atoms with Crippen molar-refractivity contribution in [2.24, 2.45) is 0 Å². The second-order valence-corrected chi connectivity index (χ2v) is 3.80. The molecule has 2 rings (SSSR count). The normalized spacial score (nSPS) is 18.2. The number of amides is 1. The fourth-order valence-electron chi connectivity index (χ4n) is 1.79. The molecule has 0 aromatic heterocycles. The summed E-state index contributed by atoms with van der Waals surface area (Å²) in [6, 6.07) is 7.98. The van der Waals surface area contributed by atoms with Gasteiger partial charge in [-0.15, -0.1) is 0 Å². The topological polar surface area (TPSA) is 38.3 Å². The van der Waals surface area contributed by atoms with Gasteiger partial charge in [-0.05, 0) is 24.6 Å². The Bertz CT molecular complexity index is 387. The molecule has 1 aliphatic heterocycles. The van der Waals surface area contributed by atoms with E-state index in [2.05, 4.69) is 11.4 Å². The lowest BCUT2D eigenvalue weighted by Gasteiger charge is -2.10. The summed E-state index contributed by atoms with van der Waals surface area (Å²) in [5, 5.41) is 2.81. The summed E-state index contributed by atoms with van der Waals surface area (Å²) >= 11 is 0. The fraction of sp³-hybridized carbons (Fsp3) is 0.308. The highest BCUT2D eigenvalue weighted by Gasteiger charge is 2.22. The van der Waals surface area contributed by atoms with Crippen LogP contribution in [0.15, 0.2) is 36.4 Å². The largest absolute Gasteiger partial charge is 0.488 e. The number of rotatable bonds is 3. The number of benzene rings is 1. The van der Waals surface area contributed by atoms with E-state index in [-0.39, 0.29) is 12.0 Å². The lowest BCUT2D eigenvalue weighted by Crippen LogP contribution is -2.33. The average Bonchev–Trinajstić information content (AvgIpc) is 2.69. The predicted octanol–water partition coefficient (Wildman–Crippen LogP) is 1.68. The van der Waals surface area contributed by atoms with Gasteiger partial charge in [0.25, 0.3) is 0 Å². The molecule has 16 heavy (non-hydrogen) atoms. The van der Waals surface area contributed by atoms with Gasteiger partial charge in [-0.3, -0.25) is 4.79 Å². The molecule has 0 radical (unpaired) electrons. The first-order valence-electron chi connectivity index (χ1n) is 5.44. The number of allylic oxidation sites excluding steroid dienone is 1. The van der Waals surface area contributed by atoms with Crippen molar-refractivity contribution in [1.29, 1.82) is 0 Å². The molecule has 0 saturated heterocycles. The van der Waals surface area contributed by atoms with Crippen LogP contribution in [0.25, 0.3) is 0 Å². The van der Waals surface area contributed by atoms with Gasteiger partial charge in [-0.25, -0.2) is 0 Å². The van der Waals surface area contributed by atoms with Crippen LogP contribution < -0.4 is 10.1 Å². The molecular weight excluding hydrogens is 202 g/mol. The highest BCUT2D eigenvalue weighted by Crippen LogP contribution is 2.27. The maximum Gasteiger partial charge on any atom is 0.243 e. The molecule has 0 saturated carbocycles. The van der Waals surface area contributed by atoms with Gasteiger partial charge in [0.2, 0.25) is 5.91 Å². The first-order chi connectivity index (χ1) is 7.79. The molecule has 3 heteroatoms. The highest BCUT2D eigenvalue weighted by molar-refractivity contribution is 5.87. The standard InChI is InChI=1S/C13H15NO2/c1-2-5-13(15)14-9-11-8-10-6-3-4-7-12(10)16-11/h2-7,11H,8-9H2,1H3,(H,14,15). The first kappa shape index (κ1) is 10.7. The van der Waals surface area contributed by atoms with Crippen LogP contribution in [0.5, 0.6) is 5.75 Å². The van der Waals surface area contributed by atoms with E-state index in [1.165, 1.54) is 11.6 Å². The van der Waals surface area contributed by atoms with Crippen LogP contribution in [-0.4, -0.2) is 18.6 Å². The van der Waals surface area contributed by atoms with Crippen molar-refractivity contribution >= 4 is 5.91 Å². The van der Waals surface area contributed by atoms with Gasteiger partial charge in [0.15, 0.2) is 0 Å². The van der Waals surface area contributed by atoms with Crippen molar-refractivity contribution in [2.45, 2.75) is 19.4 Å². The van der Waals surface area contributed by atoms with Crippen molar-refractivity contribution in [3.05, 3.63) is 42.0 Å². The minimum atomic E-state index is -0.0675. The third-order valence-electron chi connectivity index (χ3n) is 2.54. The molecule has 1 aliphatic rings. The zero-order valence-corrected chi connectivity index (χ0v) is 9.27. The van der Waals surface area contributed by atoms with Crippen LogP contribution in [-0.2, 0) is 11.2 Å². The van der Waals surface area contributed by atoms with Crippen LogP contribution in [0.1, 0.15) is 12.5 Å². The second kappa shape index (κ2) is 4.84. The Morgan fingerprint density at radius 3 is 3.12 bits per heavy atom. The van der Waals surface area contributed by atoms with E-state index in [1.54, 1.807) is 6.08 Å². The molecule has 1 heterocycles. The molecule has 0 aliphatic carbocycles. The maximum absolute atomic E-state index is 11.2. The van der Waals surface area contributed by atoms with E-state index in [0.29, 0.717) is 6.54 Å². The Labute approximate surface area is 95.1 Å². The number of fused-ring (bicyclic) bond motifs is 1. The number of carbonyl (C=O) groups is 1. The zero-order chi connectivity index (χ0) is 11.4. The van der Waals surface area contributed by atoms with E-state index in [4.69, 9.17) is 4.74 Å². The third-order valence-corrected chi connectivity index (χ3v) is 2.54. The van der Waals surface area contributed by atoms with E-state index >= 15 is 0 Å². The Morgan fingerprint density at radius 1 is 1.56 bits per heavy atom. The molecule has 0 bridgehead atoms. The van der Waals surface area contributed by atoms with E-state index in [1.807, 2.05) is 25.1 Å². The molecule has 1 N–H and O–H groups in total. The number of nitrogens with one attached hydrogen (secondary N) is 1. The average molecular weight is 217 g/mol. The van der Waals surface area contributed by atoms with Gasteiger partial charge in [0.05, 0.1) is 6.54 Å². The quantitative estimate of drug-likeness (QED) is 0.782. The smallest absolute Gasteiger partial charge is 0.243 e. The molecule has 1 atom stereocenters. The Kier molecular flexibility index (Phi) is 3.25. The number of carbonyl (C=O) groups excluding carboxylic acids is 1. The number of hydrogen-bond acceptors (Lipinski definition) is 2. The maximum atomic E-state index is 11.2. The molecule has 1 unspecified atom stereocenters. The van der Waals surface area contributed by atoms with Crippen LogP contribution in [0.3, 0.4) is 0 Å². The van der Waals surface area contributed by atoms with Crippen molar-refractivity contribution in [3.63, 3.8) is 0 Å². The van der Waals surface area contributed by atoms with Gasteiger partial charge < -0.3 is 10.1 Å². The van der Waals surface area contributed by atoms with Gasteiger partial charge in [-0.1, -0.05) is 24.3 Å². The minimum absolute atomic E-state index is 0.0617. The summed E-state index contributed by atoms with van der Waals surface area (Å²) in [6.07, 6.45) is 4.17. The van der Waals surface area contributed by atoms with Gasteiger partial charge in [0.1, 0.15) is 11.9 Å². The van der Waals surface area contributed by atoms with Gasteiger partial charge in [0, 0.05) is 6.42 Å². The van der Waals surface area contributed by atoms with Crippen LogP contribution >= 0.6 is 0 Å². The molecule has 1 aromatic rings. The van der Waals surface area contributed by atoms with Gasteiger partial charge in [-0.2, -0.15) is 0 Å². The Balaban J connectivity index is 1.86. The van der Waals surface area contributed by atoms with E-state index in [9.17, 15) is 4.79 Å². The zero-order valence-electron chi connectivity index (χ0n) is 9.27. The van der Waals surface area contributed by atoms with Crippen molar-refractivity contribution < 1.29 is 9.53 Å². The number of para-hydroxylation sites is 1. The number of ether oxygens (including phenoxy) is 1. The summed E-state index contributed by atoms with van der Waals surface area (Å²) in [6.45, 7) is 2.37. The summed E-state index contributed by atoms with van der Waals surface area (Å²) in [5.74, 6) is 0.870. The molecule has 1 aromatic carbocycles. The molecule has 1 amide bonds. The lowest BCUT2D eigenvalue weighted by molar-refractivity contribution is -0.116. The van der Waals surface area contributed by atoms with E-state index < -0.39 is 0 Å². The molecular formula is C13H15NO2. The van der Waals surface area contributed by atoms with Crippen molar-refractivity contribution in [2.75, 3.05) is 6.54 Å². The van der Waals surface area contributed by atoms with Crippen LogP contribution in [0.4, 0.5) is 0 Å². The Hall–Kier alpha value is -1.77. The molecule has 0 spiro atoms.